The van der Waals surface area contributed by atoms with Gasteiger partial charge in [0.1, 0.15) is 0 Å². The second kappa shape index (κ2) is 4.83. The molecule has 0 fully saturated rings. The fourth-order valence-electron chi connectivity index (χ4n) is 1.05. The van der Waals surface area contributed by atoms with Gasteiger partial charge in [-0.1, -0.05) is 36.9 Å². The first-order chi connectivity index (χ1) is 7.43. The van der Waals surface area contributed by atoms with E-state index in [-0.39, 0.29) is 6.54 Å². The van der Waals surface area contributed by atoms with Gasteiger partial charge in [0.05, 0.1) is 0 Å². The van der Waals surface area contributed by atoms with Gasteiger partial charge in [-0.3, -0.25) is 4.79 Å². The van der Waals surface area contributed by atoms with Gasteiger partial charge in [0.15, 0.2) is 0 Å². The number of hydrogen-bond acceptors (Lipinski definition) is 1. The summed E-state index contributed by atoms with van der Waals surface area (Å²) in [4.78, 5) is 10.5. The van der Waals surface area contributed by atoms with Gasteiger partial charge in [0.2, 0.25) is 0 Å². The maximum atomic E-state index is 11.8. The molecule has 5 heteroatoms. The Labute approximate surface area is 90.8 Å². The topological polar surface area (TPSA) is 29.1 Å². The van der Waals surface area contributed by atoms with Gasteiger partial charge in [0.25, 0.3) is 0 Å². The third-order valence-corrected chi connectivity index (χ3v) is 1.93. The minimum absolute atomic E-state index is 0.143. The van der Waals surface area contributed by atoms with Crippen LogP contribution in [0.25, 0.3) is 6.08 Å². The van der Waals surface area contributed by atoms with Crippen LogP contribution in [-0.4, -0.2) is 12.1 Å². The van der Waals surface area contributed by atoms with Gasteiger partial charge in [-0.05, 0) is 11.1 Å². The van der Waals surface area contributed by atoms with Crippen molar-refractivity contribution in [1.82, 2.24) is 5.32 Å². The molecule has 1 rings (SSSR count). The highest BCUT2D eigenvalue weighted by Crippen LogP contribution is 2.14. The molecule has 0 aliphatic rings. The van der Waals surface area contributed by atoms with E-state index >= 15 is 0 Å². The molecule has 0 atom stereocenters. The number of nitrogens with one attached hydrogen (secondary N) is 1. The highest BCUT2D eigenvalue weighted by molar-refractivity contribution is 5.81. The minimum atomic E-state index is -4.83. The highest BCUT2D eigenvalue weighted by atomic mass is 19.4. The number of halogens is 3. The summed E-state index contributed by atoms with van der Waals surface area (Å²) in [6, 6.07) is 6.69. The van der Waals surface area contributed by atoms with Crippen LogP contribution in [0, 0.1) is 0 Å². The molecule has 1 aromatic rings. The summed E-state index contributed by atoms with van der Waals surface area (Å²) >= 11 is 0. The molecule has 0 aliphatic carbocycles. The van der Waals surface area contributed by atoms with Crippen LogP contribution in [0.3, 0.4) is 0 Å². The molecule has 16 heavy (non-hydrogen) atoms. The summed E-state index contributed by atoms with van der Waals surface area (Å²) in [7, 11) is 0. The number of amides is 1. The van der Waals surface area contributed by atoms with Gasteiger partial charge in [-0.25, -0.2) is 0 Å². The van der Waals surface area contributed by atoms with Gasteiger partial charge in [-0.15, -0.1) is 0 Å². The standard InChI is InChI=1S/C11H10F3NO/c1-2-8-3-5-9(6-4-8)7-15-10(16)11(12,13)14/h2-6H,1,7H2,(H,15,16). The smallest absolute Gasteiger partial charge is 0.344 e. The van der Waals surface area contributed by atoms with Crippen molar-refractivity contribution in [2.24, 2.45) is 0 Å². The molecule has 0 spiro atoms. The van der Waals surface area contributed by atoms with Crippen LogP contribution in [0.2, 0.25) is 0 Å². The first-order valence-electron chi connectivity index (χ1n) is 4.50. The number of rotatable bonds is 3. The molecular formula is C11H10F3NO. The molecule has 0 heterocycles. The second-order valence-electron chi connectivity index (χ2n) is 3.13. The zero-order valence-corrected chi connectivity index (χ0v) is 8.34. The van der Waals surface area contributed by atoms with E-state index in [1.165, 1.54) is 0 Å². The Morgan fingerprint density at radius 3 is 2.31 bits per heavy atom. The fourth-order valence-corrected chi connectivity index (χ4v) is 1.05. The van der Waals surface area contributed by atoms with E-state index < -0.39 is 12.1 Å². The maximum absolute atomic E-state index is 11.8. The molecule has 0 saturated heterocycles. The largest absolute Gasteiger partial charge is 0.471 e. The zero-order valence-electron chi connectivity index (χ0n) is 8.34. The lowest BCUT2D eigenvalue weighted by Crippen LogP contribution is -2.36. The average molecular weight is 229 g/mol. The van der Waals surface area contributed by atoms with E-state index in [4.69, 9.17) is 0 Å². The summed E-state index contributed by atoms with van der Waals surface area (Å²) in [5.41, 5.74) is 1.47. The van der Waals surface area contributed by atoms with E-state index in [0.717, 1.165) is 5.56 Å². The van der Waals surface area contributed by atoms with Crippen molar-refractivity contribution < 1.29 is 18.0 Å². The third-order valence-electron chi connectivity index (χ3n) is 1.93. The van der Waals surface area contributed by atoms with E-state index in [1.54, 1.807) is 35.7 Å². The number of benzene rings is 1. The van der Waals surface area contributed by atoms with Crippen molar-refractivity contribution in [1.29, 1.82) is 0 Å². The van der Waals surface area contributed by atoms with E-state index in [0.29, 0.717) is 5.56 Å². The van der Waals surface area contributed by atoms with Crippen LogP contribution >= 0.6 is 0 Å². The van der Waals surface area contributed by atoms with Crippen molar-refractivity contribution >= 4 is 12.0 Å². The lowest BCUT2D eigenvalue weighted by Gasteiger charge is -2.07. The Kier molecular flexibility index (Phi) is 3.71. The monoisotopic (exact) mass is 229 g/mol. The molecule has 86 valence electrons. The summed E-state index contributed by atoms with van der Waals surface area (Å²) in [6.45, 7) is 3.41. The van der Waals surface area contributed by atoms with E-state index in [9.17, 15) is 18.0 Å². The summed E-state index contributed by atoms with van der Waals surface area (Å²) < 4.78 is 35.5. The minimum Gasteiger partial charge on any atom is -0.344 e. The van der Waals surface area contributed by atoms with Gasteiger partial charge >= 0.3 is 12.1 Å². The third kappa shape index (κ3) is 3.42. The lowest BCUT2D eigenvalue weighted by atomic mass is 10.1. The van der Waals surface area contributed by atoms with Gasteiger partial charge in [0, 0.05) is 6.54 Å². The molecule has 1 N–H and O–H groups in total. The molecule has 1 amide bonds. The summed E-state index contributed by atoms with van der Waals surface area (Å²) in [6.07, 6.45) is -3.21. The van der Waals surface area contributed by atoms with Crippen molar-refractivity contribution in [2.75, 3.05) is 0 Å². The van der Waals surface area contributed by atoms with Crippen molar-refractivity contribution in [2.45, 2.75) is 12.7 Å². The Bertz CT molecular complexity index is 381. The molecule has 0 aliphatic heterocycles. The predicted molar refractivity (Wildman–Crippen MR) is 54.4 cm³/mol. The van der Waals surface area contributed by atoms with E-state index in [1.807, 2.05) is 0 Å². The Morgan fingerprint density at radius 1 is 1.31 bits per heavy atom. The number of carbonyl (C=O) groups is 1. The Balaban J connectivity index is 2.55. The Morgan fingerprint density at radius 2 is 1.88 bits per heavy atom. The van der Waals surface area contributed by atoms with Gasteiger partial charge in [-0.2, -0.15) is 13.2 Å². The molecule has 0 radical (unpaired) electrons. The van der Waals surface area contributed by atoms with Crippen LogP contribution in [-0.2, 0) is 11.3 Å². The van der Waals surface area contributed by atoms with Crippen LogP contribution in [0.15, 0.2) is 30.8 Å². The molecule has 2 nitrogen and oxygen atoms in total. The molecule has 0 aromatic heterocycles. The summed E-state index contributed by atoms with van der Waals surface area (Å²) in [5.74, 6) is -1.93. The second-order valence-corrected chi connectivity index (χ2v) is 3.13. The molecule has 0 bridgehead atoms. The lowest BCUT2D eigenvalue weighted by molar-refractivity contribution is -0.173. The molecule has 0 unspecified atom stereocenters. The SMILES string of the molecule is C=Cc1ccc(CNC(=O)C(F)(F)F)cc1. The average Bonchev–Trinajstić information content (AvgIpc) is 2.25. The van der Waals surface area contributed by atoms with Crippen LogP contribution in [0.4, 0.5) is 13.2 Å². The molecule has 0 saturated carbocycles. The Hall–Kier alpha value is -1.78. The van der Waals surface area contributed by atoms with Gasteiger partial charge < -0.3 is 5.32 Å². The highest BCUT2D eigenvalue weighted by Gasteiger charge is 2.38. The van der Waals surface area contributed by atoms with E-state index in [2.05, 4.69) is 6.58 Å². The zero-order chi connectivity index (χ0) is 12.2. The number of hydrogen-bond donors (Lipinski definition) is 1. The first-order valence-corrected chi connectivity index (χ1v) is 4.50. The normalized spacial score (nSPS) is 10.9. The molecule has 1 aromatic carbocycles. The van der Waals surface area contributed by atoms with Crippen LogP contribution < -0.4 is 5.32 Å². The molecular weight excluding hydrogens is 219 g/mol. The van der Waals surface area contributed by atoms with Crippen LogP contribution in [0.5, 0.6) is 0 Å². The maximum Gasteiger partial charge on any atom is 0.471 e. The van der Waals surface area contributed by atoms with Crippen molar-refractivity contribution in [3.63, 3.8) is 0 Å². The van der Waals surface area contributed by atoms with Crippen LogP contribution in [0.1, 0.15) is 11.1 Å². The number of alkyl halides is 3. The first kappa shape index (κ1) is 12.3. The quantitative estimate of drug-likeness (QED) is 0.847. The predicted octanol–water partition coefficient (Wildman–Crippen LogP) is 2.51. The number of carbonyl (C=O) groups excluding carboxylic acids is 1. The fraction of sp³-hybridized carbons (Fsp3) is 0.182. The summed E-state index contributed by atoms with van der Waals surface area (Å²) in [5, 5.41) is 1.79. The van der Waals surface area contributed by atoms with Crippen molar-refractivity contribution in [3.05, 3.63) is 42.0 Å². The van der Waals surface area contributed by atoms with Crippen molar-refractivity contribution in [3.8, 4) is 0 Å².